The van der Waals surface area contributed by atoms with Gasteiger partial charge in [-0.3, -0.25) is 4.79 Å². The maximum Gasteiger partial charge on any atom is 0.282 e. The van der Waals surface area contributed by atoms with Gasteiger partial charge in [0.15, 0.2) is 0 Å². The molecule has 2 aliphatic rings. The third-order valence-electron chi connectivity index (χ3n) is 5.09. The maximum atomic E-state index is 12.9. The summed E-state index contributed by atoms with van der Waals surface area (Å²) in [6.07, 6.45) is 5.25. The predicted molar refractivity (Wildman–Crippen MR) is 100 cm³/mol. The summed E-state index contributed by atoms with van der Waals surface area (Å²) in [5.41, 5.74) is 0. The molecular weight excluding hydrogens is 382 g/mol. The molecule has 1 aromatic heterocycles. The highest BCUT2D eigenvalue weighted by Gasteiger charge is 2.35. The summed E-state index contributed by atoms with van der Waals surface area (Å²) >= 11 is 7.14. The van der Waals surface area contributed by atoms with Crippen molar-refractivity contribution in [2.45, 2.75) is 38.1 Å². The van der Waals surface area contributed by atoms with Crippen molar-refractivity contribution in [1.29, 1.82) is 0 Å². The van der Waals surface area contributed by atoms with Gasteiger partial charge in [0.1, 0.15) is 0 Å². The number of hydrogen-bond acceptors (Lipinski definition) is 4. The Kier molecular flexibility index (Phi) is 6.05. The first-order valence-electron chi connectivity index (χ1n) is 8.67. The van der Waals surface area contributed by atoms with Crippen molar-refractivity contribution in [3.63, 3.8) is 0 Å². The van der Waals surface area contributed by atoms with Crippen molar-refractivity contribution in [3.8, 4) is 0 Å². The lowest BCUT2D eigenvalue weighted by Crippen LogP contribution is -2.55. The summed E-state index contributed by atoms with van der Waals surface area (Å²) in [5.74, 6) is -0.0745. The van der Waals surface area contributed by atoms with E-state index in [2.05, 4.69) is 0 Å². The quantitative estimate of drug-likeness (QED) is 0.773. The van der Waals surface area contributed by atoms with Gasteiger partial charge in [0.25, 0.3) is 16.1 Å². The summed E-state index contributed by atoms with van der Waals surface area (Å²) in [6.45, 7) is 1.49. The molecule has 25 heavy (non-hydrogen) atoms. The summed E-state index contributed by atoms with van der Waals surface area (Å²) in [6, 6.07) is 3.53. The number of rotatable bonds is 4. The van der Waals surface area contributed by atoms with E-state index in [1.165, 1.54) is 22.1 Å². The summed E-state index contributed by atoms with van der Waals surface area (Å²) < 4.78 is 29.4. The van der Waals surface area contributed by atoms with Crippen LogP contribution < -0.4 is 0 Å². The van der Waals surface area contributed by atoms with E-state index in [0.717, 1.165) is 25.7 Å². The second-order valence-electron chi connectivity index (χ2n) is 6.61. The minimum atomic E-state index is -3.46. The van der Waals surface area contributed by atoms with Crippen LogP contribution >= 0.6 is 22.9 Å². The molecule has 0 unspecified atom stereocenters. The average Bonchev–Trinajstić information content (AvgIpc) is 3.07. The highest BCUT2D eigenvalue weighted by Crippen LogP contribution is 2.26. The molecule has 140 valence electrons. The van der Waals surface area contributed by atoms with Gasteiger partial charge in [-0.1, -0.05) is 30.9 Å². The third kappa shape index (κ3) is 4.19. The first-order chi connectivity index (χ1) is 11.9. The number of piperazine rings is 1. The summed E-state index contributed by atoms with van der Waals surface area (Å²) in [7, 11) is -1.77. The fourth-order valence-corrected chi connectivity index (χ4v) is 6.11. The number of halogens is 1. The molecule has 1 aliphatic heterocycles. The van der Waals surface area contributed by atoms with Crippen LogP contribution in [-0.2, 0) is 10.2 Å². The molecule has 0 aromatic carbocycles. The van der Waals surface area contributed by atoms with Crippen LogP contribution in [0.25, 0.3) is 0 Å². The molecule has 6 nitrogen and oxygen atoms in total. The Morgan fingerprint density at radius 1 is 1.16 bits per heavy atom. The number of hydrogen-bond donors (Lipinski definition) is 0. The number of amides is 1. The summed E-state index contributed by atoms with van der Waals surface area (Å²) in [5, 5.41) is 0. The Morgan fingerprint density at radius 3 is 2.36 bits per heavy atom. The van der Waals surface area contributed by atoms with Crippen LogP contribution in [-0.4, -0.2) is 67.1 Å². The zero-order valence-corrected chi connectivity index (χ0v) is 16.7. The Morgan fingerprint density at radius 2 is 1.80 bits per heavy atom. The molecule has 9 heteroatoms. The standard InChI is InChI=1S/C16H24ClN3O3S2/c1-18(13-5-3-2-4-6-13)25(22,23)20-11-9-19(10-12-20)16(21)14-7-8-15(17)24-14/h7-8,13H,2-6,9-12H2,1H3. The van der Waals surface area contributed by atoms with Crippen molar-refractivity contribution in [2.24, 2.45) is 0 Å². The maximum absolute atomic E-state index is 12.9. The SMILES string of the molecule is CN(C1CCCCC1)S(=O)(=O)N1CCN(C(=O)c2ccc(Cl)s2)CC1. The second kappa shape index (κ2) is 7.92. The van der Waals surface area contributed by atoms with Gasteiger partial charge in [-0.05, 0) is 25.0 Å². The molecule has 1 aromatic rings. The van der Waals surface area contributed by atoms with Crippen LogP contribution in [0.5, 0.6) is 0 Å². The van der Waals surface area contributed by atoms with E-state index in [-0.39, 0.29) is 11.9 Å². The van der Waals surface area contributed by atoms with Crippen molar-refractivity contribution >= 4 is 39.1 Å². The molecule has 0 atom stereocenters. The van der Waals surface area contributed by atoms with Crippen LogP contribution in [0.15, 0.2) is 12.1 Å². The van der Waals surface area contributed by atoms with E-state index in [1.807, 2.05) is 0 Å². The smallest absolute Gasteiger partial charge is 0.282 e. The van der Waals surface area contributed by atoms with Crippen LogP contribution in [0.3, 0.4) is 0 Å². The monoisotopic (exact) mass is 405 g/mol. The van der Waals surface area contributed by atoms with Crippen molar-refractivity contribution in [1.82, 2.24) is 13.5 Å². The Hall–Kier alpha value is -0.670. The van der Waals surface area contributed by atoms with E-state index in [4.69, 9.17) is 11.6 Å². The lowest BCUT2D eigenvalue weighted by atomic mass is 9.96. The van der Waals surface area contributed by atoms with Crippen LogP contribution in [0.4, 0.5) is 0 Å². The molecular formula is C16H24ClN3O3S2. The van der Waals surface area contributed by atoms with Crippen molar-refractivity contribution < 1.29 is 13.2 Å². The van der Waals surface area contributed by atoms with Gasteiger partial charge in [0.05, 0.1) is 9.21 Å². The second-order valence-corrected chi connectivity index (χ2v) is 10.3. The van der Waals surface area contributed by atoms with Crippen LogP contribution in [0.2, 0.25) is 4.34 Å². The zero-order valence-electron chi connectivity index (χ0n) is 14.4. The number of thiophene rings is 1. The average molecular weight is 406 g/mol. The molecule has 0 N–H and O–H groups in total. The van der Waals surface area contributed by atoms with E-state index >= 15 is 0 Å². The van der Waals surface area contributed by atoms with Crippen LogP contribution in [0.1, 0.15) is 41.8 Å². The van der Waals surface area contributed by atoms with Crippen LogP contribution in [0, 0.1) is 0 Å². The van der Waals surface area contributed by atoms with Gasteiger partial charge in [0, 0.05) is 39.3 Å². The largest absolute Gasteiger partial charge is 0.335 e. The molecule has 3 rings (SSSR count). The van der Waals surface area contributed by atoms with E-state index in [1.54, 1.807) is 28.4 Å². The number of nitrogens with zero attached hydrogens (tertiary/aromatic N) is 3. The topological polar surface area (TPSA) is 60.9 Å². The first kappa shape index (κ1) is 19.1. The predicted octanol–water partition coefficient (Wildman–Crippen LogP) is 2.67. The van der Waals surface area contributed by atoms with E-state index in [9.17, 15) is 13.2 Å². The van der Waals surface area contributed by atoms with Gasteiger partial charge >= 0.3 is 0 Å². The number of carbonyl (C=O) groups excluding carboxylic acids is 1. The highest BCUT2D eigenvalue weighted by molar-refractivity contribution is 7.86. The molecule has 2 heterocycles. The van der Waals surface area contributed by atoms with Gasteiger partial charge in [-0.15, -0.1) is 11.3 Å². The Bertz CT molecular complexity index is 708. The molecule has 0 radical (unpaired) electrons. The fraction of sp³-hybridized carbons (Fsp3) is 0.688. The minimum absolute atomic E-state index is 0.0745. The molecule has 1 saturated carbocycles. The lowest BCUT2D eigenvalue weighted by Gasteiger charge is -2.38. The number of carbonyl (C=O) groups is 1. The molecule has 1 saturated heterocycles. The minimum Gasteiger partial charge on any atom is -0.335 e. The molecule has 0 spiro atoms. The molecule has 1 aliphatic carbocycles. The molecule has 0 bridgehead atoms. The van der Waals surface area contributed by atoms with Gasteiger partial charge in [0.2, 0.25) is 0 Å². The van der Waals surface area contributed by atoms with Crippen molar-refractivity contribution in [3.05, 3.63) is 21.3 Å². The first-order valence-corrected chi connectivity index (χ1v) is 11.3. The molecule has 1 amide bonds. The Labute approximate surface area is 158 Å². The van der Waals surface area contributed by atoms with Gasteiger partial charge in [-0.25, -0.2) is 0 Å². The third-order valence-corrected chi connectivity index (χ3v) is 8.35. The van der Waals surface area contributed by atoms with Crippen molar-refractivity contribution in [2.75, 3.05) is 33.2 Å². The Balaban J connectivity index is 1.60. The van der Waals surface area contributed by atoms with Gasteiger partial charge in [-0.2, -0.15) is 17.0 Å². The highest BCUT2D eigenvalue weighted by atomic mass is 35.5. The fourth-order valence-electron chi connectivity index (χ4n) is 3.52. The van der Waals surface area contributed by atoms with Gasteiger partial charge < -0.3 is 4.90 Å². The zero-order chi connectivity index (χ0) is 18.0. The molecule has 2 fully saturated rings. The summed E-state index contributed by atoms with van der Waals surface area (Å²) in [4.78, 5) is 14.8. The van der Waals surface area contributed by atoms with E-state index in [0.29, 0.717) is 35.4 Å². The van der Waals surface area contributed by atoms with E-state index < -0.39 is 10.2 Å². The normalized spacial score (nSPS) is 21.0. The lowest BCUT2D eigenvalue weighted by molar-refractivity contribution is 0.0697.